The van der Waals surface area contributed by atoms with E-state index in [1.54, 1.807) is 0 Å². The summed E-state index contributed by atoms with van der Waals surface area (Å²) in [5, 5.41) is 9.30. The summed E-state index contributed by atoms with van der Waals surface area (Å²) < 4.78 is 0. The van der Waals surface area contributed by atoms with E-state index in [0.717, 1.165) is 56.6 Å². The van der Waals surface area contributed by atoms with Crippen LogP contribution >= 0.6 is 12.4 Å². The second-order valence-electron chi connectivity index (χ2n) is 7.20. The second kappa shape index (κ2) is 6.73. The van der Waals surface area contributed by atoms with Gasteiger partial charge in [0.2, 0.25) is 11.8 Å². The highest BCUT2D eigenvalue weighted by atomic mass is 35.5. The number of piperidine rings is 1. The van der Waals surface area contributed by atoms with Crippen molar-refractivity contribution in [3.63, 3.8) is 0 Å². The molecule has 24 heavy (non-hydrogen) atoms. The zero-order chi connectivity index (χ0) is 15.9. The number of hydrogen-bond donors (Lipinski definition) is 3. The zero-order valence-electron chi connectivity index (χ0n) is 13.6. The van der Waals surface area contributed by atoms with Crippen LogP contribution in [0, 0.1) is 17.3 Å². The third kappa shape index (κ3) is 3.57. The highest BCUT2D eigenvalue weighted by Crippen LogP contribution is 2.58. The Labute approximate surface area is 148 Å². The fourth-order valence-corrected chi connectivity index (χ4v) is 3.69. The zero-order valence-corrected chi connectivity index (χ0v) is 14.5. The van der Waals surface area contributed by atoms with Gasteiger partial charge in [0.25, 0.3) is 0 Å². The standard InChI is InChI=1S/C18H23N3O2.ClH/c22-16(12-4-5-12)20-13-2-1-3-14(10-13)21-17(23)15-11-18(15)6-8-19-9-7-18;/h1-3,10,12,15,19H,4-9,11H2,(H,20,22)(H,21,23);1H. The number of carbonyl (C=O) groups is 2. The molecule has 1 saturated heterocycles. The van der Waals surface area contributed by atoms with Gasteiger partial charge in [0.15, 0.2) is 0 Å². The Morgan fingerprint density at radius 1 is 1.04 bits per heavy atom. The van der Waals surface area contributed by atoms with Crippen LogP contribution in [-0.4, -0.2) is 24.9 Å². The maximum atomic E-state index is 12.5. The third-order valence-corrected chi connectivity index (χ3v) is 5.45. The number of hydrogen-bond acceptors (Lipinski definition) is 3. The SMILES string of the molecule is Cl.O=C(Nc1cccc(NC(=O)C2CC23CCNCC3)c1)C1CC1. The molecule has 4 rings (SSSR count). The molecule has 0 bridgehead atoms. The smallest absolute Gasteiger partial charge is 0.228 e. The van der Waals surface area contributed by atoms with Crippen molar-refractivity contribution in [3.05, 3.63) is 24.3 Å². The summed E-state index contributed by atoms with van der Waals surface area (Å²) >= 11 is 0. The lowest BCUT2D eigenvalue weighted by atomic mass is 9.92. The number of nitrogens with one attached hydrogen (secondary N) is 3. The first-order valence-electron chi connectivity index (χ1n) is 8.59. The lowest BCUT2D eigenvalue weighted by Gasteiger charge is -2.23. The molecule has 1 atom stereocenters. The van der Waals surface area contributed by atoms with Gasteiger partial charge in [0.1, 0.15) is 0 Å². The van der Waals surface area contributed by atoms with Crippen LogP contribution in [0.5, 0.6) is 0 Å². The minimum atomic E-state index is 0. The Bertz CT molecular complexity index is 639. The van der Waals surface area contributed by atoms with Gasteiger partial charge in [-0.25, -0.2) is 0 Å². The molecule has 2 saturated carbocycles. The van der Waals surface area contributed by atoms with Gasteiger partial charge < -0.3 is 16.0 Å². The molecule has 6 heteroatoms. The molecule has 2 aliphatic carbocycles. The van der Waals surface area contributed by atoms with Crippen molar-refractivity contribution in [3.8, 4) is 0 Å². The van der Waals surface area contributed by atoms with E-state index in [9.17, 15) is 9.59 Å². The van der Waals surface area contributed by atoms with Gasteiger partial charge in [-0.2, -0.15) is 0 Å². The first-order valence-corrected chi connectivity index (χ1v) is 8.59. The van der Waals surface area contributed by atoms with E-state index >= 15 is 0 Å². The Morgan fingerprint density at radius 2 is 1.67 bits per heavy atom. The molecule has 1 heterocycles. The fourth-order valence-electron chi connectivity index (χ4n) is 3.69. The van der Waals surface area contributed by atoms with E-state index in [1.165, 1.54) is 0 Å². The van der Waals surface area contributed by atoms with Crippen molar-refractivity contribution in [1.82, 2.24) is 5.32 Å². The maximum Gasteiger partial charge on any atom is 0.228 e. The van der Waals surface area contributed by atoms with E-state index in [0.29, 0.717) is 0 Å². The number of anilines is 2. The average Bonchev–Trinajstić information content (AvgIpc) is 3.44. The van der Waals surface area contributed by atoms with Gasteiger partial charge in [-0.1, -0.05) is 6.07 Å². The van der Waals surface area contributed by atoms with Gasteiger partial charge in [-0.05, 0) is 68.8 Å². The summed E-state index contributed by atoms with van der Waals surface area (Å²) in [7, 11) is 0. The number of carbonyl (C=O) groups excluding carboxylic acids is 2. The summed E-state index contributed by atoms with van der Waals surface area (Å²) in [6.45, 7) is 2.04. The number of benzene rings is 1. The van der Waals surface area contributed by atoms with E-state index in [4.69, 9.17) is 0 Å². The summed E-state index contributed by atoms with van der Waals surface area (Å²) in [6, 6.07) is 7.45. The van der Waals surface area contributed by atoms with Crippen molar-refractivity contribution in [2.24, 2.45) is 17.3 Å². The molecule has 130 valence electrons. The molecular formula is C18H24ClN3O2. The minimum Gasteiger partial charge on any atom is -0.326 e. The van der Waals surface area contributed by atoms with Crippen molar-refractivity contribution in [2.45, 2.75) is 32.1 Å². The number of halogens is 1. The first-order chi connectivity index (χ1) is 11.2. The molecule has 1 aromatic rings. The van der Waals surface area contributed by atoms with Crippen molar-refractivity contribution >= 4 is 35.6 Å². The van der Waals surface area contributed by atoms with Gasteiger partial charge >= 0.3 is 0 Å². The van der Waals surface area contributed by atoms with Crippen LogP contribution in [0.3, 0.4) is 0 Å². The molecule has 3 N–H and O–H groups in total. The molecule has 2 amide bonds. The van der Waals surface area contributed by atoms with Gasteiger partial charge in [-0.3, -0.25) is 9.59 Å². The maximum absolute atomic E-state index is 12.5. The monoisotopic (exact) mass is 349 g/mol. The Kier molecular flexibility index (Phi) is 4.83. The summed E-state index contributed by atoms with van der Waals surface area (Å²) in [5.41, 5.74) is 1.76. The predicted octanol–water partition coefficient (Wildman–Crippen LogP) is 2.79. The summed E-state index contributed by atoms with van der Waals surface area (Å²) in [5.74, 6) is 0.538. The fraction of sp³-hybridized carbons (Fsp3) is 0.556. The minimum absolute atomic E-state index is 0. The molecule has 3 aliphatic rings. The number of rotatable bonds is 4. The Morgan fingerprint density at radius 3 is 2.29 bits per heavy atom. The molecule has 1 aliphatic heterocycles. The van der Waals surface area contributed by atoms with Crippen LogP contribution in [0.2, 0.25) is 0 Å². The van der Waals surface area contributed by atoms with Gasteiger partial charge in [0.05, 0.1) is 0 Å². The Balaban J connectivity index is 0.00000169. The van der Waals surface area contributed by atoms with Crippen molar-refractivity contribution in [2.75, 3.05) is 23.7 Å². The van der Waals surface area contributed by atoms with E-state index < -0.39 is 0 Å². The van der Waals surface area contributed by atoms with E-state index in [-0.39, 0.29) is 41.5 Å². The highest BCUT2D eigenvalue weighted by molar-refractivity contribution is 5.97. The predicted molar refractivity (Wildman–Crippen MR) is 96.3 cm³/mol. The average molecular weight is 350 g/mol. The molecule has 0 aromatic heterocycles. The van der Waals surface area contributed by atoms with Crippen LogP contribution in [0.15, 0.2) is 24.3 Å². The van der Waals surface area contributed by atoms with Crippen LogP contribution in [-0.2, 0) is 9.59 Å². The molecule has 1 aromatic carbocycles. The molecule has 0 radical (unpaired) electrons. The summed E-state index contributed by atoms with van der Waals surface area (Å²) in [6.07, 6.45) is 5.19. The highest BCUT2D eigenvalue weighted by Gasteiger charge is 2.57. The van der Waals surface area contributed by atoms with E-state index in [2.05, 4.69) is 16.0 Å². The van der Waals surface area contributed by atoms with Gasteiger partial charge in [-0.15, -0.1) is 12.4 Å². The molecule has 1 spiro atoms. The van der Waals surface area contributed by atoms with Crippen LogP contribution in [0.4, 0.5) is 11.4 Å². The molecule has 1 unspecified atom stereocenters. The van der Waals surface area contributed by atoms with Gasteiger partial charge in [0, 0.05) is 23.2 Å². The summed E-state index contributed by atoms with van der Waals surface area (Å²) in [4.78, 5) is 24.3. The molecular weight excluding hydrogens is 326 g/mol. The molecule has 5 nitrogen and oxygen atoms in total. The third-order valence-electron chi connectivity index (χ3n) is 5.45. The quantitative estimate of drug-likeness (QED) is 0.782. The lowest BCUT2D eigenvalue weighted by Crippen LogP contribution is -2.31. The topological polar surface area (TPSA) is 70.2 Å². The largest absolute Gasteiger partial charge is 0.326 e. The van der Waals surface area contributed by atoms with Crippen LogP contribution in [0.1, 0.15) is 32.1 Å². The van der Waals surface area contributed by atoms with Crippen LogP contribution < -0.4 is 16.0 Å². The lowest BCUT2D eigenvalue weighted by molar-refractivity contribution is -0.118. The van der Waals surface area contributed by atoms with E-state index in [1.807, 2.05) is 24.3 Å². The van der Waals surface area contributed by atoms with Crippen molar-refractivity contribution in [1.29, 1.82) is 0 Å². The normalized spacial score (nSPS) is 23.9. The van der Waals surface area contributed by atoms with Crippen molar-refractivity contribution < 1.29 is 9.59 Å². The Hall–Kier alpha value is -1.59. The molecule has 3 fully saturated rings. The second-order valence-corrected chi connectivity index (χ2v) is 7.20. The first kappa shape index (κ1) is 17.2. The number of amides is 2. The van der Waals surface area contributed by atoms with Crippen LogP contribution in [0.25, 0.3) is 0 Å².